The Bertz CT molecular complexity index is 280. The molecule has 0 saturated heterocycles. The molecule has 0 bridgehead atoms. The van der Waals surface area contributed by atoms with Gasteiger partial charge in [-0.05, 0) is 20.8 Å². The molecule has 0 amide bonds. The van der Waals surface area contributed by atoms with Crippen molar-refractivity contribution in [3.8, 4) is 0 Å². The summed E-state index contributed by atoms with van der Waals surface area (Å²) in [6, 6.07) is 0. The van der Waals surface area contributed by atoms with Gasteiger partial charge in [0.25, 0.3) is 0 Å². The summed E-state index contributed by atoms with van der Waals surface area (Å²) in [7, 11) is 0. The highest BCUT2D eigenvalue weighted by Crippen LogP contribution is 2.12. The first-order valence-corrected chi connectivity index (χ1v) is 4.40. The number of ether oxygens (including phenoxy) is 1. The predicted molar refractivity (Wildman–Crippen MR) is 47.1 cm³/mol. The summed E-state index contributed by atoms with van der Waals surface area (Å²) in [4.78, 5) is 15.8. The molecule has 1 aromatic heterocycles. The minimum atomic E-state index is -0.370. The van der Waals surface area contributed by atoms with Crippen LogP contribution in [0.3, 0.4) is 0 Å². The number of thiazole rings is 1. The highest BCUT2D eigenvalue weighted by atomic mass is 32.1. The molecule has 1 radical (unpaired) electrons. The molecule has 1 rings (SSSR count). The molecule has 65 valence electrons. The Balaban J connectivity index is 2.65. The van der Waals surface area contributed by atoms with Gasteiger partial charge in [0, 0.05) is 11.1 Å². The number of esters is 1. The summed E-state index contributed by atoms with van der Waals surface area (Å²) in [6.07, 6.45) is 1.45. The van der Waals surface area contributed by atoms with E-state index in [4.69, 9.17) is 4.74 Å². The van der Waals surface area contributed by atoms with Gasteiger partial charge in [-0.15, -0.1) is 11.3 Å². The van der Waals surface area contributed by atoms with Gasteiger partial charge < -0.3 is 4.74 Å². The second-order valence-electron chi connectivity index (χ2n) is 2.59. The van der Waals surface area contributed by atoms with Crippen molar-refractivity contribution < 1.29 is 9.53 Å². The maximum absolute atomic E-state index is 11.2. The second kappa shape index (κ2) is 3.67. The first-order chi connectivity index (χ1) is 5.59. The van der Waals surface area contributed by atoms with E-state index >= 15 is 0 Å². The number of rotatable bonds is 2. The van der Waals surface area contributed by atoms with E-state index in [-0.39, 0.29) is 12.1 Å². The smallest absolute Gasteiger partial charge is 0.367 e. The number of aromatic nitrogens is 1. The van der Waals surface area contributed by atoms with Gasteiger partial charge in [0.15, 0.2) is 0 Å². The molecule has 0 aliphatic heterocycles. The van der Waals surface area contributed by atoms with Crippen molar-refractivity contribution in [2.24, 2.45) is 0 Å². The minimum absolute atomic E-state index is 0.102. The van der Waals surface area contributed by atoms with E-state index in [0.717, 1.165) is 4.88 Å². The Morgan fingerprint density at radius 2 is 2.42 bits per heavy atom. The summed E-state index contributed by atoms with van der Waals surface area (Å²) >= 11 is 1.24. The van der Waals surface area contributed by atoms with Crippen molar-refractivity contribution in [3.05, 3.63) is 23.0 Å². The number of carbonyl (C=O) groups excluding carboxylic acids is 1. The van der Waals surface area contributed by atoms with E-state index in [0.29, 0.717) is 5.01 Å². The Morgan fingerprint density at radius 1 is 1.75 bits per heavy atom. The van der Waals surface area contributed by atoms with Gasteiger partial charge in [-0.1, -0.05) is 0 Å². The van der Waals surface area contributed by atoms with Crippen LogP contribution >= 0.6 is 11.3 Å². The molecule has 1 aromatic rings. The predicted octanol–water partition coefficient (Wildman–Crippen LogP) is 1.89. The topological polar surface area (TPSA) is 39.2 Å². The van der Waals surface area contributed by atoms with E-state index < -0.39 is 0 Å². The van der Waals surface area contributed by atoms with Crippen LogP contribution in [-0.2, 0) is 4.74 Å². The molecule has 0 aliphatic carbocycles. The molecule has 0 saturated carbocycles. The Kier molecular flexibility index (Phi) is 2.81. The summed E-state index contributed by atoms with van der Waals surface area (Å²) in [5.74, 6) is -0.370. The van der Waals surface area contributed by atoms with Crippen molar-refractivity contribution >= 4 is 17.3 Å². The van der Waals surface area contributed by atoms with Gasteiger partial charge in [-0.2, -0.15) is 0 Å². The molecular weight excluding hydrogens is 174 g/mol. The van der Waals surface area contributed by atoms with Crippen LogP contribution in [0.4, 0.5) is 0 Å². The zero-order chi connectivity index (χ0) is 9.14. The van der Waals surface area contributed by atoms with E-state index in [9.17, 15) is 4.79 Å². The van der Waals surface area contributed by atoms with Crippen molar-refractivity contribution in [2.75, 3.05) is 0 Å². The fourth-order valence-electron chi connectivity index (χ4n) is 0.666. The lowest BCUT2D eigenvalue weighted by atomic mass is 10.5. The van der Waals surface area contributed by atoms with Crippen molar-refractivity contribution in [1.29, 1.82) is 0 Å². The maximum atomic E-state index is 11.2. The normalized spacial score (nSPS) is 10.3. The lowest BCUT2D eigenvalue weighted by Crippen LogP contribution is -2.10. The van der Waals surface area contributed by atoms with Crippen LogP contribution in [0.1, 0.15) is 28.5 Å². The average Bonchev–Trinajstić information content (AvgIpc) is 2.34. The Morgan fingerprint density at radius 3 is 2.83 bits per heavy atom. The molecular formula is C8H10NO2S. The lowest BCUT2D eigenvalue weighted by Gasteiger charge is -2.04. The molecule has 0 spiro atoms. The SMILES string of the molecule is [CH2]c1cnc(C(=O)OC(C)C)s1. The number of hydrogen-bond donors (Lipinski definition) is 0. The van der Waals surface area contributed by atoms with Gasteiger partial charge in [0.05, 0.1) is 6.10 Å². The number of hydrogen-bond acceptors (Lipinski definition) is 4. The molecule has 0 fully saturated rings. The fourth-order valence-corrected chi connectivity index (χ4v) is 1.26. The second-order valence-corrected chi connectivity index (χ2v) is 3.70. The van der Waals surface area contributed by atoms with Crippen molar-refractivity contribution in [3.63, 3.8) is 0 Å². The molecule has 12 heavy (non-hydrogen) atoms. The summed E-state index contributed by atoms with van der Waals surface area (Å²) in [5.41, 5.74) is 0. The van der Waals surface area contributed by atoms with Crippen LogP contribution in [0.5, 0.6) is 0 Å². The molecule has 0 aromatic carbocycles. The number of nitrogens with zero attached hydrogens (tertiary/aromatic N) is 1. The van der Waals surface area contributed by atoms with Crippen LogP contribution < -0.4 is 0 Å². The van der Waals surface area contributed by atoms with Gasteiger partial charge in [0.1, 0.15) is 0 Å². The van der Waals surface area contributed by atoms with Crippen molar-refractivity contribution in [2.45, 2.75) is 20.0 Å². The van der Waals surface area contributed by atoms with Gasteiger partial charge in [-0.25, -0.2) is 9.78 Å². The summed E-state index contributed by atoms with van der Waals surface area (Å²) < 4.78 is 4.93. The molecule has 0 N–H and O–H groups in total. The highest BCUT2D eigenvalue weighted by Gasteiger charge is 2.12. The van der Waals surface area contributed by atoms with E-state index in [1.807, 2.05) is 0 Å². The van der Waals surface area contributed by atoms with Crippen LogP contribution in [0.15, 0.2) is 6.20 Å². The molecule has 0 unspecified atom stereocenters. The summed E-state index contributed by atoms with van der Waals surface area (Å²) in [5, 5.41) is 0.369. The van der Waals surface area contributed by atoms with Crippen LogP contribution in [-0.4, -0.2) is 17.1 Å². The van der Waals surface area contributed by atoms with Crippen LogP contribution in [0, 0.1) is 6.92 Å². The molecule has 0 atom stereocenters. The minimum Gasteiger partial charge on any atom is -0.458 e. The Labute approximate surface area is 75.4 Å². The molecule has 0 aliphatic rings. The average molecular weight is 184 g/mol. The Hall–Kier alpha value is -0.900. The quantitative estimate of drug-likeness (QED) is 0.659. The van der Waals surface area contributed by atoms with Crippen LogP contribution in [0.25, 0.3) is 0 Å². The third kappa shape index (κ3) is 2.30. The number of carbonyl (C=O) groups is 1. The maximum Gasteiger partial charge on any atom is 0.367 e. The zero-order valence-electron chi connectivity index (χ0n) is 7.03. The van der Waals surface area contributed by atoms with Gasteiger partial charge in [0.2, 0.25) is 5.01 Å². The largest absolute Gasteiger partial charge is 0.458 e. The third-order valence-corrected chi connectivity index (χ3v) is 1.90. The third-order valence-electron chi connectivity index (χ3n) is 1.07. The van der Waals surface area contributed by atoms with Gasteiger partial charge >= 0.3 is 5.97 Å². The first-order valence-electron chi connectivity index (χ1n) is 3.58. The molecule has 4 heteroatoms. The monoisotopic (exact) mass is 184 g/mol. The van der Waals surface area contributed by atoms with Crippen LogP contribution in [0.2, 0.25) is 0 Å². The molecule has 3 nitrogen and oxygen atoms in total. The highest BCUT2D eigenvalue weighted by molar-refractivity contribution is 7.13. The first kappa shape index (κ1) is 9.19. The van der Waals surface area contributed by atoms with E-state index in [2.05, 4.69) is 11.9 Å². The van der Waals surface area contributed by atoms with Crippen molar-refractivity contribution in [1.82, 2.24) is 4.98 Å². The molecule has 1 heterocycles. The summed E-state index contributed by atoms with van der Waals surface area (Å²) in [6.45, 7) is 7.26. The lowest BCUT2D eigenvalue weighted by molar-refractivity contribution is 0.0377. The van der Waals surface area contributed by atoms with E-state index in [1.54, 1.807) is 20.0 Å². The van der Waals surface area contributed by atoms with Gasteiger partial charge in [-0.3, -0.25) is 0 Å². The van der Waals surface area contributed by atoms with E-state index in [1.165, 1.54) is 11.3 Å². The fraction of sp³-hybridized carbons (Fsp3) is 0.375. The zero-order valence-corrected chi connectivity index (χ0v) is 7.85. The standard InChI is InChI=1S/C8H10NO2S/c1-5(2)11-8(10)7-9-4-6(3)12-7/h4-5H,3H2,1-2H3.